The normalized spacial score (nSPS) is 12.7. The molecule has 176 valence electrons. The summed E-state index contributed by atoms with van der Waals surface area (Å²) in [5.74, 6) is 0.271. The van der Waals surface area contributed by atoms with Crippen LogP contribution in [0.2, 0.25) is 0 Å². The molecule has 5 rings (SSSR count). The van der Waals surface area contributed by atoms with Gasteiger partial charge in [-0.3, -0.25) is 4.98 Å². The van der Waals surface area contributed by atoms with Crippen LogP contribution in [0.4, 0.5) is 20.3 Å². The maximum atomic E-state index is 14.7. The molecule has 34 heavy (non-hydrogen) atoms. The van der Waals surface area contributed by atoms with Crippen molar-refractivity contribution in [3.05, 3.63) is 60.4 Å². The molecule has 1 N–H and O–H groups in total. The first-order valence-corrected chi connectivity index (χ1v) is 13.4. The maximum absolute atomic E-state index is 14.7. The molecule has 1 aliphatic rings. The summed E-state index contributed by atoms with van der Waals surface area (Å²) in [7, 11) is 1.21. The number of ether oxygens (including phenoxy) is 3. The molecule has 0 radical (unpaired) electrons. The highest BCUT2D eigenvalue weighted by atomic mass is 127. The molecule has 0 bridgehead atoms. The third-order valence-corrected chi connectivity index (χ3v) is 5.98. The first-order valence-electron chi connectivity index (χ1n) is 10.2. The first kappa shape index (κ1) is 22.9. The van der Waals surface area contributed by atoms with Crippen molar-refractivity contribution in [3.63, 3.8) is 0 Å². The number of halogens is 3. The molecule has 0 fully saturated rings. The Kier molecular flexibility index (Phi) is 6.87. The fraction of sp³-hybridized carbons (Fsp3) is 0.182. The van der Waals surface area contributed by atoms with Crippen LogP contribution in [0.15, 0.2) is 48.8 Å². The molecule has 4 heterocycles. The van der Waals surface area contributed by atoms with Crippen LogP contribution in [0.5, 0.6) is 17.4 Å². The largest absolute Gasteiger partial charge is 0.486 e. The van der Waals surface area contributed by atoms with Crippen molar-refractivity contribution >= 4 is 47.6 Å². The third-order valence-electron chi connectivity index (χ3n) is 4.96. The van der Waals surface area contributed by atoms with Crippen molar-refractivity contribution in [2.75, 3.05) is 31.7 Å². The van der Waals surface area contributed by atoms with Gasteiger partial charge in [0.2, 0.25) is 5.88 Å². The van der Waals surface area contributed by atoms with E-state index in [-0.39, 0.29) is 17.9 Å². The average Bonchev–Trinajstić information content (AvgIpc) is 3.20. The number of hydrogen-bond acceptors (Lipinski definition) is 8. The first-order chi connectivity index (χ1) is 16.7. The van der Waals surface area contributed by atoms with Gasteiger partial charge in [-0.2, -0.15) is 0 Å². The molecule has 1 aliphatic heterocycles. The lowest BCUT2D eigenvalue weighted by molar-refractivity contribution is 0.171. The summed E-state index contributed by atoms with van der Waals surface area (Å²) in [5.41, 5.74) is 0.825. The number of rotatable bonds is 8. The van der Waals surface area contributed by atoms with Gasteiger partial charge < -0.3 is 23.7 Å². The van der Waals surface area contributed by atoms with Gasteiger partial charge in [0.05, 0.1) is 33.8 Å². The number of anilines is 2. The summed E-state index contributed by atoms with van der Waals surface area (Å²) in [5, 5.41) is 3.24. The predicted molar refractivity (Wildman–Crippen MR) is 132 cm³/mol. The third kappa shape index (κ3) is 4.57. The van der Waals surface area contributed by atoms with Crippen LogP contribution in [-0.4, -0.2) is 40.8 Å². The Labute approximate surface area is 209 Å². The van der Waals surface area contributed by atoms with Crippen LogP contribution >= 0.6 is 30.4 Å². The molecule has 4 aromatic rings. The van der Waals surface area contributed by atoms with Gasteiger partial charge in [-0.1, -0.05) is 6.07 Å². The Hall–Kier alpha value is -2.84. The summed E-state index contributed by atoms with van der Waals surface area (Å²) in [6.45, 7) is 1.52. The van der Waals surface area contributed by atoms with Crippen molar-refractivity contribution in [3.8, 4) is 28.6 Å². The van der Waals surface area contributed by atoms with Crippen molar-refractivity contribution < 1.29 is 27.2 Å². The average molecular weight is 598 g/mol. The minimum atomic E-state index is -0.830. The zero-order valence-corrected chi connectivity index (χ0v) is 20.4. The zero-order chi connectivity index (χ0) is 23.5. The van der Waals surface area contributed by atoms with Crippen LogP contribution < -0.4 is 19.5 Å². The number of fused-ring (bicyclic) bond motifs is 2. The van der Waals surface area contributed by atoms with E-state index >= 15 is 0 Å². The van der Waals surface area contributed by atoms with Gasteiger partial charge >= 0.3 is 0 Å². The van der Waals surface area contributed by atoms with Gasteiger partial charge in [0.25, 0.3) is 0 Å². The quantitative estimate of drug-likeness (QED) is 0.160. The Morgan fingerprint density at radius 3 is 2.65 bits per heavy atom. The second-order valence-electron chi connectivity index (χ2n) is 7.06. The van der Waals surface area contributed by atoms with Gasteiger partial charge in [-0.15, -0.1) is 0 Å². The number of nitrogens with zero attached hydrogens (tertiary/aromatic N) is 3. The lowest BCUT2D eigenvalue weighted by atomic mass is 10.1. The second-order valence-corrected chi connectivity index (χ2v) is 8.50. The number of hydrogen-bond donors (Lipinski definition) is 1. The molecule has 12 heteroatoms. The molecular weight excluding hydrogens is 581 g/mol. The van der Waals surface area contributed by atoms with Gasteiger partial charge in [0.15, 0.2) is 23.1 Å². The van der Waals surface area contributed by atoms with Gasteiger partial charge in [-0.25, -0.2) is 18.2 Å². The van der Waals surface area contributed by atoms with E-state index in [1.807, 2.05) is 21.2 Å². The summed E-state index contributed by atoms with van der Waals surface area (Å²) >= 11 is 2.02. The van der Waals surface area contributed by atoms with Crippen molar-refractivity contribution in [1.29, 1.82) is 0 Å². The Morgan fingerprint density at radius 2 is 1.85 bits per heavy atom. The van der Waals surface area contributed by atoms with E-state index in [0.717, 1.165) is 12.4 Å². The minimum absolute atomic E-state index is 0.0717. The second kappa shape index (κ2) is 10.2. The maximum Gasteiger partial charge on any atom is 0.201 e. The van der Waals surface area contributed by atoms with Crippen LogP contribution in [0, 0.1) is 11.6 Å². The predicted octanol–water partition coefficient (Wildman–Crippen LogP) is 5.58. The van der Waals surface area contributed by atoms with E-state index in [9.17, 15) is 8.78 Å². The van der Waals surface area contributed by atoms with E-state index in [1.54, 1.807) is 40.8 Å². The summed E-state index contributed by atoms with van der Waals surface area (Å²) < 4.78 is 53.5. The fourth-order valence-corrected chi connectivity index (χ4v) is 4.24. The number of imidazole rings is 1. The van der Waals surface area contributed by atoms with E-state index in [2.05, 4.69) is 15.3 Å². The van der Waals surface area contributed by atoms with Gasteiger partial charge in [0.1, 0.15) is 37.0 Å². The van der Waals surface area contributed by atoms with E-state index in [1.165, 1.54) is 9.21 Å². The monoisotopic (exact) mass is 598 g/mol. The summed E-state index contributed by atoms with van der Waals surface area (Å²) in [4.78, 5) is 8.10. The van der Waals surface area contributed by atoms with Gasteiger partial charge in [-0.05, 0) is 24.3 Å². The molecule has 8 nitrogen and oxygen atoms in total. The molecule has 0 amide bonds. The molecule has 0 saturated carbocycles. The van der Waals surface area contributed by atoms with Gasteiger partial charge in [0, 0.05) is 33.0 Å². The Bertz CT molecular complexity index is 1320. The van der Waals surface area contributed by atoms with E-state index < -0.39 is 11.6 Å². The molecule has 1 aromatic carbocycles. The highest BCUT2D eigenvalue weighted by molar-refractivity contribution is 14.2. The standard InChI is InChI=1S/C22H17F2IN4O4S/c23-14-11-26-12-15(24)20(14)21-22(27-13-4-5-16-17(10-13)31-7-6-30-16)29-18(28-21)2-1-3-19(29)32-8-9-33-34-25/h1-5,10-12,27H,6-9H2. The van der Waals surface area contributed by atoms with Crippen molar-refractivity contribution in [2.24, 2.45) is 0 Å². The van der Waals surface area contributed by atoms with Crippen LogP contribution in [-0.2, 0) is 4.18 Å². The van der Waals surface area contributed by atoms with Crippen LogP contribution in [0.1, 0.15) is 0 Å². The smallest absolute Gasteiger partial charge is 0.201 e. The minimum Gasteiger partial charge on any atom is -0.486 e. The molecule has 3 aromatic heterocycles. The molecule has 0 atom stereocenters. The van der Waals surface area contributed by atoms with Crippen LogP contribution in [0.25, 0.3) is 16.9 Å². The summed E-state index contributed by atoms with van der Waals surface area (Å²) in [6, 6.07) is 10.5. The lowest BCUT2D eigenvalue weighted by Gasteiger charge is -2.19. The topological polar surface area (TPSA) is 79.1 Å². The number of benzene rings is 1. The van der Waals surface area contributed by atoms with Crippen molar-refractivity contribution in [2.45, 2.75) is 0 Å². The summed E-state index contributed by atoms with van der Waals surface area (Å²) in [6.07, 6.45) is 1.90. The zero-order valence-electron chi connectivity index (χ0n) is 17.5. The molecule has 0 aliphatic carbocycles. The van der Waals surface area contributed by atoms with Crippen LogP contribution in [0.3, 0.4) is 0 Å². The SMILES string of the molecule is Fc1cncc(F)c1-c1nc2cccc(OCCOSI)n2c1Nc1ccc2c(c1)OCCO2. The van der Waals surface area contributed by atoms with E-state index in [4.69, 9.17) is 18.4 Å². The fourth-order valence-electron chi connectivity index (χ4n) is 3.57. The highest BCUT2D eigenvalue weighted by Crippen LogP contribution is 2.38. The van der Waals surface area contributed by atoms with Crippen molar-refractivity contribution in [1.82, 2.24) is 14.4 Å². The number of aromatic nitrogens is 3. The molecule has 0 spiro atoms. The number of pyridine rings is 2. The van der Waals surface area contributed by atoms with E-state index in [0.29, 0.717) is 54.4 Å². The lowest BCUT2D eigenvalue weighted by Crippen LogP contribution is -2.15. The Balaban J connectivity index is 1.63. The molecule has 0 unspecified atom stereocenters. The number of nitrogens with one attached hydrogen (secondary N) is 1. The highest BCUT2D eigenvalue weighted by Gasteiger charge is 2.24. The molecule has 0 saturated heterocycles. The molecular formula is C22H17F2IN4O4S. The Morgan fingerprint density at radius 1 is 1.06 bits per heavy atom.